The summed E-state index contributed by atoms with van der Waals surface area (Å²) in [4.78, 5) is 34.1. The predicted octanol–water partition coefficient (Wildman–Crippen LogP) is 4.67. The molecule has 0 unspecified atom stereocenters. The van der Waals surface area contributed by atoms with Crippen LogP contribution in [0.2, 0.25) is 0 Å². The van der Waals surface area contributed by atoms with E-state index in [9.17, 15) is 9.59 Å². The zero-order chi connectivity index (χ0) is 28.1. The van der Waals surface area contributed by atoms with Gasteiger partial charge in [0.15, 0.2) is 4.80 Å². The maximum atomic E-state index is 14.0. The summed E-state index contributed by atoms with van der Waals surface area (Å²) in [6.07, 6.45) is 9.16. The highest BCUT2D eigenvalue weighted by Gasteiger charge is 2.35. The van der Waals surface area contributed by atoms with Crippen LogP contribution >= 0.6 is 23.1 Å². The number of aromatic nitrogens is 1. The molecule has 1 aromatic heterocycles. The molecule has 0 amide bonds. The predicted molar refractivity (Wildman–Crippen MR) is 160 cm³/mol. The van der Waals surface area contributed by atoms with Gasteiger partial charge in [0, 0.05) is 16.0 Å². The number of carbonyl (C=O) groups excluding carboxylic acids is 1. The van der Waals surface area contributed by atoms with Gasteiger partial charge in [-0.1, -0.05) is 77.9 Å². The van der Waals surface area contributed by atoms with E-state index in [4.69, 9.17) is 20.9 Å². The van der Waals surface area contributed by atoms with Gasteiger partial charge in [0.2, 0.25) is 0 Å². The fourth-order valence-electron chi connectivity index (χ4n) is 4.53. The van der Waals surface area contributed by atoms with E-state index in [1.807, 2.05) is 85.1 Å². The lowest BCUT2D eigenvalue weighted by atomic mass is 9.93. The van der Waals surface area contributed by atoms with E-state index in [2.05, 4.69) is 5.92 Å². The number of thiazole rings is 1. The number of rotatable bonds is 8. The number of benzene rings is 3. The first-order valence-corrected chi connectivity index (χ1v) is 14.7. The van der Waals surface area contributed by atoms with Gasteiger partial charge in [-0.2, -0.15) is 0 Å². The Morgan fingerprint density at radius 2 is 1.82 bits per heavy atom. The molecule has 6 nitrogen and oxygen atoms in total. The first-order chi connectivity index (χ1) is 19.5. The third-order valence-electron chi connectivity index (χ3n) is 6.32. The lowest BCUT2D eigenvalue weighted by Gasteiger charge is -2.26. The topological polar surface area (TPSA) is 69.9 Å². The fourth-order valence-corrected chi connectivity index (χ4v) is 5.93. The van der Waals surface area contributed by atoms with Crippen LogP contribution in [0.25, 0.3) is 11.8 Å². The van der Waals surface area contributed by atoms with Crippen LogP contribution < -0.4 is 19.6 Å². The summed E-state index contributed by atoms with van der Waals surface area (Å²) in [5.41, 5.74) is 2.82. The van der Waals surface area contributed by atoms with Crippen molar-refractivity contribution in [2.45, 2.75) is 17.9 Å². The molecule has 0 radical (unpaired) electrons. The van der Waals surface area contributed by atoms with E-state index in [-0.39, 0.29) is 18.8 Å². The van der Waals surface area contributed by atoms with Crippen molar-refractivity contribution in [3.63, 3.8) is 0 Å². The van der Waals surface area contributed by atoms with Gasteiger partial charge < -0.3 is 9.47 Å². The standard InChI is InChI=1S/C32H26N2O4S2/c1-4-19-38-25-14-10-9-13-23(25)20-26-30(35)34-29(22-15-17-24(39-3)18-16-22)27(31(36)37-5-2)28(33-32(34)40-26)21-11-7-6-8-12-21/h1,6-18,20,29H,5,19H2,2-3H3/b26-20-/t29-/m1/s1. The van der Waals surface area contributed by atoms with Gasteiger partial charge in [-0.3, -0.25) is 9.36 Å². The summed E-state index contributed by atoms with van der Waals surface area (Å²) < 4.78 is 13.3. The average molecular weight is 567 g/mol. The van der Waals surface area contributed by atoms with Crippen molar-refractivity contribution >= 4 is 40.8 Å². The zero-order valence-electron chi connectivity index (χ0n) is 22.0. The first-order valence-electron chi connectivity index (χ1n) is 12.6. The van der Waals surface area contributed by atoms with Crippen molar-refractivity contribution in [1.82, 2.24) is 4.57 Å². The Morgan fingerprint density at radius 1 is 1.10 bits per heavy atom. The molecular weight excluding hydrogens is 540 g/mol. The molecule has 0 fully saturated rings. The molecular formula is C32H26N2O4S2. The second-order valence-corrected chi connectivity index (χ2v) is 10.6. The van der Waals surface area contributed by atoms with Gasteiger partial charge in [-0.05, 0) is 43.0 Å². The third-order valence-corrected chi connectivity index (χ3v) is 8.05. The van der Waals surface area contributed by atoms with Crippen molar-refractivity contribution in [3.05, 3.63) is 121 Å². The van der Waals surface area contributed by atoms with Crippen molar-refractivity contribution in [2.24, 2.45) is 4.99 Å². The summed E-state index contributed by atoms with van der Waals surface area (Å²) in [5.74, 6) is 2.54. The summed E-state index contributed by atoms with van der Waals surface area (Å²) >= 11 is 2.88. The second kappa shape index (κ2) is 12.2. The SMILES string of the molecule is C#CCOc1ccccc1/C=c1\sc2n(c1=O)[C@H](c1ccc(SC)cc1)C(C(=O)OCC)=C(c1ccccc1)N=2. The van der Waals surface area contributed by atoms with E-state index in [0.717, 1.165) is 21.6 Å². The minimum absolute atomic E-state index is 0.113. The van der Waals surface area contributed by atoms with Crippen LogP contribution in [0.15, 0.2) is 99.1 Å². The number of carbonyl (C=O) groups is 1. The number of terminal acetylenes is 1. The summed E-state index contributed by atoms with van der Waals surface area (Å²) in [6, 6.07) is 24.0. The minimum atomic E-state index is -0.725. The van der Waals surface area contributed by atoms with E-state index in [1.165, 1.54) is 11.3 Å². The first kappa shape index (κ1) is 27.3. The van der Waals surface area contributed by atoms with Crippen LogP contribution in [0.3, 0.4) is 0 Å². The molecule has 0 saturated carbocycles. The minimum Gasteiger partial charge on any atom is -0.480 e. The maximum Gasteiger partial charge on any atom is 0.338 e. The van der Waals surface area contributed by atoms with E-state index < -0.39 is 12.0 Å². The van der Waals surface area contributed by atoms with Crippen LogP contribution in [-0.2, 0) is 9.53 Å². The molecule has 1 atom stereocenters. The molecule has 3 aromatic carbocycles. The Morgan fingerprint density at radius 3 is 2.52 bits per heavy atom. The Bertz CT molecular complexity index is 1800. The summed E-state index contributed by atoms with van der Waals surface area (Å²) in [7, 11) is 0. The Labute approximate surface area is 240 Å². The smallest absolute Gasteiger partial charge is 0.338 e. The van der Waals surface area contributed by atoms with Gasteiger partial charge in [-0.25, -0.2) is 9.79 Å². The summed E-state index contributed by atoms with van der Waals surface area (Å²) in [5, 5.41) is 0. The molecule has 0 N–H and O–H groups in total. The normalized spacial score (nSPS) is 14.7. The van der Waals surface area contributed by atoms with E-state index >= 15 is 0 Å². The molecule has 1 aliphatic heterocycles. The Kier molecular flexibility index (Phi) is 8.34. The van der Waals surface area contributed by atoms with Gasteiger partial charge in [-0.15, -0.1) is 18.2 Å². The van der Waals surface area contributed by atoms with Crippen LogP contribution in [0, 0.1) is 12.3 Å². The highest BCUT2D eigenvalue weighted by atomic mass is 32.2. The number of hydrogen-bond donors (Lipinski definition) is 0. The van der Waals surface area contributed by atoms with Crippen molar-refractivity contribution in [3.8, 4) is 18.1 Å². The van der Waals surface area contributed by atoms with Crippen molar-refractivity contribution < 1.29 is 14.3 Å². The maximum absolute atomic E-state index is 14.0. The van der Waals surface area contributed by atoms with Gasteiger partial charge in [0.1, 0.15) is 12.4 Å². The lowest BCUT2D eigenvalue weighted by Crippen LogP contribution is -2.40. The largest absolute Gasteiger partial charge is 0.480 e. The second-order valence-electron chi connectivity index (χ2n) is 8.74. The monoisotopic (exact) mass is 566 g/mol. The Balaban J connectivity index is 1.79. The van der Waals surface area contributed by atoms with Crippen LogP contribution in [0.5, 0.6) is 5.75 Å². The zero-order valence-corrected chi connectivity index (χ0v) is 23.6. The number of esters is 1. The molecule has 0 spiro atoms. The third kappa shape index (κ3) is 5.39. The average Bonchev–Trinajstić information content (AvgIpc) is 3.30. The Hall–Kier alpha value is -4.32. The number of fused-ring (bicyclic) bond motifs is 1. The quantitative estimate of drug-likeness (QED) is 0.176. The molecule has 5 rings (SSSR count). The number of hydrogen-bond acceptors (Lipinski definition) is 7. The van der Waals surface area contributed by atoms with Gasteiger partial charge >= 0.3 is 5.97 Å². The fraction of sp³-hybridized carbons (Fsp3) is 0.156. The molecule has 4 aromatic rings. The lowest BCUT2D eigenvalue weighted by molar-refractivity contribution is -0.138. The number of thioether (sulfide) groups is 1. The molecule has 2 heterocycles. The molecule has 8 heteroatoms. The molecule has 0 saturated heterocycles. The molecule has 200 valence electrons. The highest BCUT2D eigenvalue weighted by Crippen LogP contribution is 2.35. The number of nitrogens with zero attached hydrogens (tertiary/aromatic N) is 2. The van der Waals surface area contributed by atoms with Crippen molar-refractivity contribution in [2.75, 3.05) is 19.5 Å². The van der Waals surface area contributed by atoms with E-state index in [1.54, 1.807) is 29.3 Å². The molecule has 0 aliphatic carbocycles. The van der Waals surface area contributed by atoms with E-state index in [0.29, 0.717) is 26.4 Å². The van der Waals surface area contributed by atoms with Gasteiger partial charge in [0.05, 0.1) is 28.5 Å². The number of ether oxygens (including phenoxy) is 2. The molecule has 0 bridgehead atoms. The highest BCUT2D eigenvalue weighted by molar-refractivity contribution is 7.98. The molecule has 40 heavy (non-hydrogen) atoms. The molecule has 1 aliphatic rings. The van der Waals surface area contributed by atoms with Gasteiger partial charge in [0.25, 0.3) is 5.56 Å². The van der Waals surface area contributed by atoms with Crippen LogP contribution in [0.4, 0.5) is 0 Å². The summed E-state index contributed by atoms with van der Waals surface area (Å²) in [6.45, 7) is 2.07. The van der Waals surface area contributed by atoms with Crippen molar-refractivity contribution in [1.29, 1.82) is 0 Å². The van der Waals surface area contributed by atoms with Crippen LogP contribution in [-0.4, -0.2) is 30.0 Å². The van der Waals surface area contributed by atoms with Crippen LogP contribution in [0.1, 0.15) is 29.7 Å². The number of para-hydroxylation sites is 1.